The Labute approximate surface area is 133 Å². The van der Waals surface area contributed by atoms with Gasteiger partial charge in [0.15, 0.2) is 5.75 Å². The summed E-state index contributed by atoms with van der Waals surface area (Å²) < 4.78 is 33.8. The second-order valence-corrected chi connectivity index (χ2v) is 6.55. The molecular formula is C13H16N4O5S. The summed E-state index contributed by atoms with van der Waals surface area (Å²) in [5.74, 6) is -0.0114. The number of ether oxygens (including phenoxy) is 1. The van der Waals surface area contributed by atoms with Gasteiger partial charge < -0.3 is 4.74 Å². The zero-order valence-corrected chi connectivity index (χ0v) is 13.8. The van der Waals surface area contributed by atoms with E-state index in [2.05, 4.69) is 9.82 Å². The topological polar surface area (TPSA) is 116 Å². The van der Waals surface area contributed by atoms with Crippen LogP contribution in [-0.4, -0.2) is 30.2 Å². The van der Waals surface area contributed by atoms with Gasteiger partial charge in [0.2, 0.25) is 0 Å². The molecule has 2 rings (SSSR count). The van der Waals surface area contributed by atoms with Crippen LogP contribution in [0, 0.1) is 24.0 Å². The van der Waals surface area contributed by atoms with Crippen LogP contribution in [0.2, 0.25) is 0 Å². The molecule has 124 valence electrons. The summed E-state index contributed by atoms with van der Waals surface area (Å²) in [6.07, 6.45) is 0. The Morgan fingerprint density at radius 2 is 2.00 bits per heavy atom. The lowest BCUT2D eigenvalue weighted by molar-refractivity contribution is -0.386. The number of nitro benzene ring substituents is 1. The number of aryl methyl sites for hydroxylation is 2. The van der Waals surface area contributed by atoms with Crippen molar-refractivity contribution < 1.29 is 18.1 Å². The van der Waals surface area contributed by atoms with Crippen LogP contribution in [0.1, 0.15) is 11.4 Å². The lowest BCUT2D eigenvalue weighted by Gasteiger charge is -2.09. The van der Waals surface area contributed by atoms with Crippen molar-refractivity contribution in [1.29, 1.82) is 0 Å². The SMILES string of the molecule is COc1ccc(S(=O)(=O)Nc2c(C)nn(C)c2C)cc1[N+](=O)[O-]. The molecule has 0 atom stereocenters. The zero-order valence-electron chi connectivity index (χ0n) is 13.0. The van der Waals surface area contributed by atoms with E-state index in [0.29, 0.717) is 17.1 Å². The summed E-state index contributed by atoms with van der Waals surface area (Å²) in [5.41, 5.74) is 1.08. The number of nitro groups is 1. The molecule has 0 aliphatic heterocycles. The maximum absolute atomic E-state index is 12.5. The Morgan fingerprint density at radius 3 is 2.48 bits per heavy atom. The molecule has 10 heteroatoms. The van der Waals surface area contributed by atoms with Gasteiger partial charge in [0, 0.05) is 13.1 Å². The first-order chi connectivity index (χ1) is 10.7. The van der Waals surface area contributed by atoms with Crippen molar-refractivity contribution >= 4 is 21.4 Å². The minimum Gasteiger partial charge on any atom is -0.490 e. The highest BCUT2D eigenvalue weighted by Gasteiger charge is 2.24. The van der Waals surface area contributed by atoms with Crippen LogP contribution >= 0.6 is 0 Å². The number of nitrogens with zero attached hydrogens (tertiary/aromatic N) is 3. The molecular weight excluding hydrogens is 324 g/mol. The molecule has 1 N–H and O–H groups in total. The zero-order chi connectivity index (χ0) is 17.4. The van der Waals surface area contributed by atoms with E-state index < -0.39 is 20.6 Å². The molecule has 1 aromatic heterocycles. The molecule has 9 nitrogen and oxygen atoms in total. The monoisotopic (exact) mass is 340 g/mol. The van der Waals surface area contributed by atoms with Gasteiger partial charge in [-0.2, -0.15) is 5.10 Å². The minimum atomic E-state index is -3.99. The fraction of sp³-hybridized carbons (Fsp3) is 0.308. The smallest absolute Gasteiger partial charge is 0.312 e. The van der Waals surface area contributed by atoms with Gasteiger partial charge in [-0.1, -0.05) is 0 Å². The summed E-state index contributed by atoms with van der Waals surface area (Å²) >= 11 is 0. The number of nitrogens with one attached hydrogen (secondary N) is 1. The molecule has 0 radical (unpaired) electrons. The Morgan fingerprint density at radius 1 is 1.35 bits per heavy atom. The Hall–Kier alpha value is -2.62. The lowest BCUT2D eigenvalue weighted by atomic mass is 10.3. The molecule has 0 saturated carbocycles. The van der Waals surface area contributed by atoms with Gasteiger partial charge in [-0.15, -0.1) is 0 Å². The molecule has 0 bridgehead atoms. The van der Waals surface area contributed by atoms with Crippen molar-refractivity contribution in [2.24, 2.45) is 7.05 Å². The third kappa shape index (κ3) is 3.11. The van der Waals surface area contributed by atoms with Crippen LogP contribution in [0.3, 0.4) is 0 Å². The molecule has 0 aliphatic rings. The van der Waals surface area contributed by atoms with Crippen LogP contribution in [0.15, 0.2) is 23.1 Å². The van der Waals surface area contributed by atoms with E-state index in [1.54, 1.807) is 25.6 Å². The Balaban J connectivity index is 2.48. The summed E-state index contributed by atoms with van der Waals surface area (Å²) in [7, 11) is -1.02. The maximum Gasteiger partial charge on any atom is 0.312 e. The number of hydrogen-bond acceptors (Lipinski definition) is 6. The normalized spacial score (nSPS) is 11.3. The third-order valence-corrected chi connectivity index (χ3v) is 4.75. The Bertz CT molecular complexity index is 873. The molecule has 0 fully saturated rings. The van der Waals surface area contributed by atoms with Crippen LogP contribution < -0.4 is 9.46 Å². The van der Waals surface area contributed by atoms with Gasteiger partial charge >= 0.3 is 5.69 Å². The summed E-state index contributed by atoms with van der Waals surface area (Å²) in [6, 6.07) is 3.45. The van der Waals surface area contributed by atoms with Gasteiger partial charge in [0.25, 0.3) is 10.0 Å². The fourth-order valence-electron chi connectivity index (χ4n) is 2.09. The van der Waals surface area contributed by atoms with Crippen LogP contribution in [0.5, 0.6) is 5.75 Å². The van der Waals surface area contributed by atoms with E-state index >= 15 is 0 Å². The first-order valence-electron chi connectivity index (χ1n) is 6.53. The van der Waals surface area contributed by atoms with E-state index in [9.17, 15) is 18.5 Å². The van der Waals surface area contributed by atoms with Crippen molar-refractivity contribution in [1.82, 2.24) is 9.78 Å². The quantitative estimate of drug-likeness (QED) is 0.655. The maximum atomic E-state index is 12.5. The van der Waals surface area contributed by atoms with Crippen LogP contribution in [0.25, 0.3) is 0 Å². The number of anilines is 1. The molecule has 0 aliphatic carbocycles. The second-order valence-electron chi connectivity index (χ2n) is 4.87. The molecule has 0 amide bonds. The van der Waals surface area contributed by atoms with E-state index in [1.165, 1.54) is 19.2 Å². The second kappa shape index (κ2) is 5.88. The molecule has 2 aromatic rings. The fourth-order valence-corrected chi connectivity index (χ4v) is 3.29. The van der Waals surface area contributed by atoms with Crippen molar-refractivity contribution in [3.05, 3.63) is 39.7 Å². The van der Waals surface area contributed by atoms with Crippen LogP contribution in [-0.2, 0) is 17.1 Å². The number of hydrogen-bond donors (Lipinski definition) is 1. The largest absolute Gasteiger partial charge is 0.490 e. The van der Waals surface area contributed by atoms with Gasteiger partial charge in [-0.3, -0.25) is 19.5 Å². The van der Waals surface area contributed by atoms with Gasteiger partial charge in [-0.05, 0) is 26.0 Å². The van der Waals surface area contributed by atoms with E-state index in [4.69, 9.17) is 4.74 Å². The number of sulfonamides is 1. The standard InChI is InChI=1S/C13H16N4O5S/c1-8-13(9(2)16(3)14-8)15-23(20,21)10-5-6-12(22-4)11(7-10)17(18)19/h5-7,15H,1-4H3. The number of methoxy groups -OCH3 is 1. The molecule has 23 heavy (non-hydrogen) atoms. The van der Waals surface area contributed by atoms with E-state index in [-0.39, 0.29) is 10.6 Å². The molecule has 1 heterocycles. The van der Waals surface area contributed by atoms with Crippen molar-refractivity contribution in [3.63, 3.8) is 0 Å². The molecule has 0 saturated heterocycles. The predicted octanol–water partition coefficient (Wildman–Crippen LogP) is 1.75. The highest BCUT2D eigenvalue weighted by atomic mass is 32.2. The predicted molar refractivity (Wildman–Crippen MR) is 83.1 cm³/mol. The number of benzene rings is 1. The molecule has 0 unspecified atom stereocenters. The first-order valence-corrected chi connectivity index (χ1v) is 8.01. The van der Waals surface area contributed by atoms with Crippen molar-refractivity contribution in [2.45, 2.75) is 18.7 Å². The summed E-state index contributed by atoms with van der Waals surface area (Å²) in [6.45, 7) is 3.38. The summed E-state index contributed by atoms with van der Waals surface area (Å²) in [5, 5.41) is 15.1. The summed E-state index contributed by atoms with van der Waals surface area (Å²) in [4.78, 5) is 10.1. The van der Waals surface area contributed by atoms with Gasteiger partial charge in [-0.25, -0.2) is 8.42 Å². The van der Waals surface area contributed by atoms with Gasteiger partial charge in [0.05, 0.1) is 34.0 Å². The number of rotatable bonds is 5. The van der Waals surface area contributed by atoms with Crippen LogP contribution in [0.4, 0.5) is 11.4 Å². The molecule has 1 aromatic carbocycles. The number of aromatic nitrogens is 2. The average molecular weight is 340 g/mol. The van der Waals surface area contributed by atoms with Crippen molar-refractivity contribution in [3.8, 4) is 5.75 Å². The van der Waals surface area contributed by atoms with Gasteiger partial charge in [0.1, 0.15) is 0 Å². The highest BCUT2D eigenvalue weighted by Crippen LogP contribution is 2.30. The highest BCUT2D eigenvalue weighted by molar-refractivity contribution is 7.92. The third-order valence-electron chi connectivity index (χ3n) is 3.40. The Kier molecular flexibility index (Phi) is 4.28. The first kappa shape index (κ1) is 16.7. The van der Waals surface area contributed by atoms with Crippen molar-refractivity contribution in [2.75, 3.05) is 11.8 Å². The minimum absolute atomic E-state index is 0.0114. The lowest BCUT2D eigenvalue weighted by Crippen LogP contribution is -2.14. The van der Waals surface area contributed by atoms with E-state index in [1.807, 2.05) is 0 Å². The molecule has 0 spiro atoms. The average Bonchev–Trinajstić information content (AvgIpc) is 2.72. The van der Waals surface area contributed by atoms with E-state index in [0.717, 1.165) is 6.07 Å².